The van der Waals surface area contributed by atoms with Crippen molar-refractivity contribution in [1.29, 1.82) is 0 Å². The van der Waals surface area contributed by atoms with Gasteiger partial charge in [0.2, 0.25) is 5.89 Å². The highest BCUT2D eigenvalue weighted by molar-refractivity contribution is 4.98. The van der Waals surface area contributed by atoms with E-state index in [0.29, 0.717) is 5.92 Å². The normalized spacial score (nSPS) is 21.2. The fraction of sp³-hybridized carbons (Fsp3) is 0.818. The van der Waals surface area contributed by atoms with Crippen LogP contribution in [0.5, 0.6) is 0 Å². The Balaban J connectivity index is 1.85. The SMILES string of the molecule is COCCCc1nc(C2CCCNC2)no1. The van der Waals surface area contributed by atoms with Gasteiger partial charge in [0.05, 0.1) is 0 Å². The third kappa shape index (κ3) is 3.02. The minimum atomic E-state index is 0.425. The first-order valence-corrected chi connectivity index (χ1v) is 5.92. The molecule has 1 aliphatic rings. The van der Waals surface area contributed by atoms with E-state index in [1.54, 1.807) is 7.11 Å². The first-order chi connectivity index (χ1) is 7.90. The van der Waals surface area contributed by atoms with Crippen molar-refractivity contribution in [3.05, 3.63) is 11.7 Å². The predicted molar refractivity (Wildman–Crippen MR) is 59.3 cm³/mol. The standard InChI is InChI=1S/C11H19N3O2/c1-15-7-3-5-10-13-11(14-16-10)9-4-2-6-12-8-9/h9,12H,2-8H2,1H3. The van der Waals surface area contributed by atoms with Crippen molar-refractivity contribution < 1.29 is 9.26 Å². The first-order valence-electron chi connectivity index (χ1n) is 5.92. The molecule has 1 aromatic rings. The van der Waals surface area contributed by atoms with Crippen LogP contribution in [0.1, 0.15) is 36.9 Å². The molecule has 1 N–H and O–H groups in total. The largest absolute Gasteiger partial charge is 0.385 e. The molecule has 1 fully saturated rings. The molecule has 0 bridgehead atoms. The first kappa shape index (κ1) is 11.5. The second-order valence-electron chi connectivity index (χ2n) is 4.19. The molecule has 5 nitrogen and oxygen atoms in total. The molecular weight excluding hydrogens is 206 g/mol. The smallest absolute Gasteiger partial charge is 0.226 e. The van der Waals surface area contributed by atoms with E-state index in [-0.39, 0.29) is 0 Å². The Hall–Kier alpha value is -0.940. The van der Waals surface area contributed by atoms with E-state index in [1.165, 1.54) is 6.42 Å². The Bertz CT molecular complexity index is 308. The molecule has 2 rings (SSSR count). The lowest BCUT2D eigenvalue weighted by Gasteiger charge is -2.19. The quantitative estimate of drug-likeness (QED) is 0.761. The predicted octanol–water partition coefficient (Wildman–Crippen LogP) is 1.12. The van der Waals surface area contributed by atoms with Gasteiger partial charge >= 0.3 is 0 Å². The summed E-state index contributed by atoms with van der Waals surface area (Å²) in [6.45, 7) is 2.81. The van der Waals surface area contributed by atoms with Gasteiger partial charge in [-0.3, -0.25) is 0 Å². The summed E-state index contributed by atoms with van der Waals surface area (Å²) in [6.07, 6.45) is 4.09. The van der Waals surface area contributed by atoms with Gasteiger partial charge in [-0.05, 0) is 25.8 Å². The molecule has 5 heteroatoms. The van der Waals surface area contributed by atoms with E-state index < -0.39 is 0 Å². The zero-order chi connectivity index (χ0) is 11.2. The molecule has 1 aromatic heterocycles. The van der Waals surface area contributed by atoms with Gasteiger partial charge < -0.3 is 14.6 Å². The molecule has 0 aromatic carbocycles. The van der Waals surface area contributed by atoms with Crippen LogP contribution in [0.25, 0.3) is 0 Å². The average molecular weight is 225 g/mol. The number of piperidine rings is 1. The number of nitrogens with one attached hydrogen (secondary N) is 1. The second kappa shape index (κ2) is 5.96. The lowest BCUT2D eigenvalue weighted by Crippen LogP contribution is -2.28. The van der Waals surface area contributed by atoms with E-state index in [1.807, 2.05) is 0 Å². The highest BCUT2D eigenvalue weighted by Gasteiger charge is 2.20. The third-order valence-corrected chi connectivity index (χ3v) is 2.88. The highest BCUT2D eigenvalue weighted by Crippen LogP contribution is 2.20. The van der Waals surface area contributed by atoms with Gasteiger partial charge in [0.1, 0.15) is 0 Å². The number of aromatic nitrogens is 2. The van der Waals surface area contributed by atoms with Crippen molar-refractivity contribution in [2.75, 3.05) is 26.8 Å². The van der Waals surface area contributed by atoms with E-state index in [4.69, 9.17) is 9.26 Å². The van der Waals surface area contributed by atoms with Gasteiger partial charge in [-0.1, -0.05) is 5.16 Å². The summed E-state index contributed by atoms with van der Waals surface area (Å²) >= 11 is 0. The molecule has 0 saturated carbocycles. The Morgan fingerprint density at radius 3 is 3.25 bits per heavy atom. The van der Waals surface area contributed by atoms with Crippen LogP contribution in [-0.4, -0.2) is 36.9 Å². The van der Waals surface area contributed by atoms with Crippen LogP contribution in [-0.2, 0) is 11.2 Å². The van der Waals surface area contributed by atoms with E-state index in [0.717, 1.165) is 50.7 Å². The Morgan fingerprint density at radius 1 is 1.56 bits per heavy atom. The number of hydrogen-bond acceptors (Lipinski definition) is 5. The summed E-state index contributed by atoms with van der Waals surface area (Å²) in [4.78, 5) is 4.43. The van der Waals surface area contributed by atoms with Crippen LogP contribution >= 0.6 is 0 Å². The zero-order valence-electron chi connectivity index (χ0n) is 9.74. The molecular formula is C11H19N3O2. The molecule has 1 atom stereocenters. The highest BCUT2D eigenvalue weighted by atomic mass is 16.5. The molecule has 0 spiro atoms. The number of methoxy groups -OCH3 is 1. The monoisotopic (exact) mass is 225 g/mol. The summed E-state index contributed by atoms with van der Waals surface area (Å²) in [5.74, 6) is 2.02. The molecule has 16 heavy (non-hydrogen) atoms. The number of ether oxygens (including phenoxy) is 1. The lowest BCUT2D eigenvalue weighted by atomic mass is 9.99. The molecule has 90 valence electrons. The minimum Gasteiger partial charge on any atom is -0.385 e. The number of nitrogens with zero attached hydrogens (tertiary/aromatic N) is 2. The van der Waals surface area contributed by atoms with Crippen molar-refractivity contribution in [2.45, 2.75) is 31.6 Å². The summed E-state index contributed by atoms with van der Waals surface area (Å²) in [7, 11) is 1.70. The second-order valence-corrected chi connectivity index (χ2v) is 4.19. The van der Waals surface area contributed by atoms with Crippen LogP contribution in [0.15, 0.2) is 4.52 Å². The molecule has 0 aliphatic carbocycles. The van der Waals surface area contributed by atoms with Gasteiger partial charge in [-0.15, -0.1) is 0 Å². The van der Waals surface area contributed by atoms with Crippen molar-refractivity contribution in [2.24, 2.45) is 0 Å². The summed E-state index contributed by atoms with van der Waals surface area (Å²) in [5.41, 5.74) is 0. The van der Waals surface area contributed by atoms with Gasteiger partial charge in [0, 0.05) is 32.6 Å². The Labute approximate surface area is 95.6 Å². The van der Waals surface area contributed by atoms with Crippen molar-refractivity contribution in [1.82, 2.24) is 15.5 Å². The van der Waals surface area contributed by atoms with Crippen molar-refractivity contribution in [3.63, 3.8) is 0 Å². The number of rotatable bonds is 5. The van der Waals surface area contributed by atoms with Crippen LogP contribution < -0.4 is 5.32 Å². The summed E-state index contributed by atoms with van der Waals surface area (Å²) in [6, 6.07) is 0. The molecule has 0 radical (unpaired) electrons. The van der Waals surface area contributed by atoms with Gasteiger partial charge in [0.25, 0.3) is 0 Å². The summed E-state index contributed by atoms with van der Waals surface area (Å²) < 4.78 is 10.2. The Morgan fingerprint density at radius 2 is 2.50 bits per heavy atom. The zero-order valence-corrected chi connectivity index (χ0v) is 9.74. The summed E-state index contributed by atoms with van der Waals surface area (Å²) in [5, 5.41) is 7.40. The van der Waals surface area contributed by atoms with Crippen LogP contribution in [0.2, 0.25) is 0 Å². The number of aryl methyl sites for hydroxylation is 1. The molecule has 1 saturated heterocycles. The lowest BCUT2D eigenvalue weighted by molar-refractivity contribution is 0.192. The average Bonchev–Trinajstić information content (AvgIpc) is 2.79. The molecule has 0 amide bonds. The van der Waals surface area contributed by atoms with Gasteiger partial charge in [-0.2, -0.15) is 4.98 Å². The molecule has 1 aliphatic heterocycles. The molecule has 2 heterocycles. The van der Waals surface area contributed by atoms with E-state index >= 15 is 0 Å². The Kier molecular flexibility index (Phi) is 4.30. The van der Waals surface area contributed by atoms with E-state index in [2.05, 4.69) is 15.5 Å². The van der Waals surface area contributed by atoms with Gasteiger partial charge in [-0.25, -0.2) is 0 Å². The maximum atomic E-state index is 5.22. The van der Waals surface area contributed by atoms with Crippen LogP contribution in [0, 0.1) is 0 Å². The number of hydrogen-bond donors (Lipinski definition) is 1. The fourth-order valence-electron chi connectivity index (χ4n) is 1.98. The molecule has 1 unspecified atom stereocenters. The van der Waals surface area contributed by atoms with Gasteiger partial charge in [0.15, 0.2) is 5.82 Å². The minimum absolute atomic E-state index is 0.425. The fourth-order valence-corrected chi connectivity index (χ4v) is 1.98. The van der Waals surface area contributed by atoms with Crippen molar-refractivity contribution in [3.8, 4) is 0 Å². The topological polar surface area (TPSA) is 60.2 Å². The van der Waals surface area contributed by atoms with E-state index in [9.17, 15) is 0 Å². The maximum Gasteiger partial charge on any atom is 0.226 e. The van der Waals surface area contributed by atoms with Crippen LogP contribution in [0.4, 0.5) is 0 Å². The third-order valence-electron chi connectivity index (χ3n) is 2.88. The van der Waals surface area contributed by atoms with Crippen LogP contribution in [0.3, 0.4) is 0 Å². The maximum absolute atomic E-state index is 5.22. The van der Waals surface area contributed by atoms with Crippen molar-refractivity contribution >= 4 is 0 Å².